The first-order chi connectivity index (χ1) is 33.0. The van der Waals surface area contributed by atoms with Gasteiger partial charge < -0.3 is 51.2 Å². The Labute approximate surface area is 430 Å². The third-order valence-electron chi connectivity index (χ3n) is 15.3. The summed E-state index contributed by atoms with van der Waals surface area (Å²) in [5, 5.41) is 44.0. The number of unbranched alkanes of at least 4 members (excludes halogenated alkanes) is 30. The number of hydrogen-bond acceptors (Lipinski definition) is 9. The number of hydrogen-bond donors (Lipinski definition) is 4. The zero-order valence-corrected chi connectivity index (χ0v) is 49.5. The Balaban J connectivity index is 2.71. The van der Waals surface area contributed by atoms with Crippen molar-refractivity contribution in [3.63, 3.8) is 0 Å². The summed E-state index contributed by atoms with van der Waals surface area (Å²) in [5.41, 5.74) is 0. The van der Waals surface area contributed by atoms with Crippen molar-refractivity contribution in [3.8, 4) is 0 Å². The van der Waals surface area contributed by atoms with Gasteiger partial charge in [0.15, 0.2) is 0 Å². The molecule has 0 radical (unpaired) electrons. The highest BCUT2D eigenvalue weighted by Crippen LogP contribution is 2.37. The molecule has 0 saturated carbocycles. The summed E-state index contributed by atoms with van der Waals surface area (Å²) in [4.78, 5) is 0. The van der Waals surface area contributed by atoms with Crippen LogP contribution in [0.3, 0.4) is 0 Å². The van der Waals surface area contributed by atoms with Crippen LogP contribution in [-0.2, 0) is 21.8 Å². The smallest absolute Gasteiger partial charge is 0.391 e. The van der Waals surface area contributed by atoms with E-state index < -0.39 is 54.2 Å². The van der Waals surface area contributed by atoms with Gasteiger partial charge in [-0.2, -0.15) is 0 Å². The summed E-state index contributed by atoms with van der Waals surface area (Å²) in [6.07, 6.45) is 37.5. The third kappa shape index (κ3) is 32.1. The summed E-state index contributed by atoms with van der Waals surface area (Å²) < 4.78 is 34.8. The molecule has 11 nitrogen and oxygen atoms in total. The number of aliphatic hydroxyl groups excluding tert-OH is 4. The predicted molar refractivity (Wildman–Crippen MR) is 293 cm³/mol. The lowest BCUT2D eigenvalue weighted by atomic mass is 9.97. The van der Waals surface area contributed by atoms with Gasteiger partial charge in [0.25, 0.3) is 0 Å². The van der Waals surface area contributed by atoms with E-state index in [1.807, 2.05) is 0 Å². The average molecular weight is 1020 g/mol. The van der Waals surface area contributed by atoms with Crippen LogP contribution in [0.4, 0.5) is 0 Å². The maximum absolute atomic E-state index is 11.5. The van der Waals surface area contributed by atoms with E-state index in [9.17, 15) is 20.4 Å². The maximum atomic E-state index is 11.5. The monoisotopic (exact) mass is 1020 g/mol. The van der Waals surface area contributed by atoms with Crippen molar-refractivity contribution in [2.75, 3.05) is 68.6 Å². The molecule has 1 aliphatic rings. The minimum Gasteiger partial charge on any atom is -0.391 e. The molecule has 4 N–H and O–H groups in total. The van der Waals surface area contributed by atoms with Crippen molar-refractivity contribution in [3.05, 3.63) is 0 Å². The number of nitrogens with zero attached hydrogens (tertiary/aromatic N) is 2. The predicted octanol–water partition coefficient (Wildman–Crippen LogP) is 12.9. The zero-order chi connectivity index (χ0) is 51.3. The highest BCUT2D eigenvalue weighted by Gasteiger charge is 2.61. The van der Waals surface area contributed by atoms with E-state index in [4.69, 9.17) is 21.8 Å². The van der Waals surface area contributed by atoms with Crippen LogP contribution < -0.4 is 0 Å². The standard InChI is InChI=1S/C56H120N2O9Si2/c1-11-13-15-17-19-21-23-25-27-29-31-33-35-37-39-41-45-57(5,6)47-43-49-68(63-9)65-55(52(4)60)56(54(62)53(61)51(3)59)66-69(64-10,67-68)50-44-48-58(7,8)46-42-40-38-36-34-32-30-28-26-24-22-20-18-16-14-12-2/h51-56,59-62H,11-50H2,1-10H3/q+2. The molecule has 1 fully saturated rings. The van der Waals surface area contributed by atoms with Crippen LogP contribution in [0.5, 0.6) is 0 Å². The second-order valence-electron chi connectivity index (χ2n) is 23.1. The molecule has 0 amide bonds. The summed E-state index contributed by atoms with van der Waals surface area (Å²) in [5.74, 6) is 0. The first kappa shape index (κ1) is 67.0. The summed E-state index contributed by atoms with van der Waals surface area (Å²) in [6.45, 7) is 11.6. The molecule has 1 saturated heterocycles. The van der Waals surface area contributed by atoms with Crippen LogP contribution in [0.15, 0.2) is 0 Å². The van der Waals surface area contributed by atoms with Crippen LogP contribution in [0.2, 0.25) is 12.1 Å². The molecule has 0 aliphatic carbocycles. The van der Waals surface area contributed by atoms with Gasteiger partial charge in [-0.25, -0.2) is 0 Å². The molecular weight excluding hydrogens is 901 g/mol. The molecule has 69 heavy (non-hydrogen) atoms. The largest absolute Gasteiger partial charge is 0.494 e. The second kappa shape index (κ2) is 40.3. The van der Waals surface area contributed by atoms with Gasteiger partial charge in [0.05, 0.1) is 66.6 Å². The van der Waals surface area contributed by atoms with Gasteiger partial charge in [-0.3, -0.25) is 0 Å². The van der Waals surface area contributed by atoms with Crippen molar-refractivity contribution in [2.45, 2.75) is 295 Å². The number of rotatable bonds is 48. The van der Waals surface area contributed by atoms with Gasteiger partial charge in [0.2, 0.25) is 0 Å². The lowest BCUT2D eigenvalue weighted by molar-refractivity contribution is -0.890. The molecule has 13 heteroatoms. The lowest BCUT2D eigenvalue weighted by Crippen LogP contribution is -2.58. The Morgan fingerprint density at radius 3 is 0.928 bits per heavy atom. The van der Waals surface area contributed by atoms with E-state index in [-0.39, 0.29) is 0 Å². The van der Waals surface area contributed by atoms with Gasteiger partial charge in [-0.05, 0) is 39.5 Å². The Morgan fingerprint density at radius 1 is 0.406 bits per heavy atom. The number of quaternary nitrogens is 2. The Kier molecular flexibility index (Phi) is 39.2. The van der Waals surface area contributed by atoms with Gasteiger partial charge in [0, 0.05) is 39.1 Å². The van der Waals surface area contributed by atoms with Gasteiger partial charge in [-0.15, -0.1) is 0 Å². The molecular formula is C56H120N2O9Si2+2. The van der Waals surface area contributed by atoms with E-state index in [1.54, 1.807) is 21.1 Å². The molecule has 0 aromatic carbocycles. The van der Waals surface area contributed by atoms with Gasteiger partial charge >= 0.3 is 17.6 Å². The van der Waals surface area contributed by atoms with Crippen LogP contribution in [0.1, 0.15) is 246 Å². The Morgan fingerprint density at radius 2 is 0.667 bits per heavy atom. The lowest BCUT2D eigenvalue weighted by Gasteiger charge is -2.37. The van der Waals surface area contributed by atoms with E-state index in [2.05, 4.69) is 42.0 Å². The van der Waals surface area contributed by atoms with Crippen molar-refractivity contribution in [1.82, 2.24) is 0 Å². The summed E-state index contributed by atoms with van der Waals surface area (Å²) >= 11 is 0. The van der Waals surface area contributed by atoms with E-state index in [0.29, 0.717) is 12.1 Å². The fraction of sp³-hybridized carbons (Fsp3) is 1.00. The molecule has 1 heterocycles. The topological polar surface area (TPSA) is 127 Å². The average Bonchev–Trinajstić information content (AvgIpc) is 3.46. The van der Waals surface area contributed by atoms with Crippen molar-refractivity contribution >= 4 is 17.6 Å². The normalized spacial score (nSPS) is 22.2. The van der Waals surface area contributed by atoms with Crippen molar-refractivity contribution < 1.29 is 51.2 Å². The molecule has 414 valence electrons. The van der Waals surface area contributed by atoms with Crippen LogP contribution >= 0.6 is 0 Å². The zero-order valence-electron chi connectivity index (χ0n) is 47.5. The third-order valence-corrected chi connectivity index (χ3v) is 22.2. The Hall–Kier alpha value is -0.00623. The molecule has 0 spiro atoms. The van der Waals surface area contributed by atoms with Crippen LogP contribution in [0, 0.1) is 0 Å². The molecule has 0 bridgehead atoms. The second-order valence-corrected chi connectivity index (χ2v) is 28.9. The van der Waals surface area contributed by atoms with Crippen molar-refractivity contribution in [1.29, 1.82) is 0 Å². The molecule has 8 unspecified atom stereocenters. The summed E-state index contributed by atoms with van der Waals surface area (Å²) in [6, 6.07) is 0.963. The van der Waals surface area contributed by atoms with Gasteiger partial charge in [0.1, 0.15) is 24.4 Å². The maximum Gasteiger partial charge on any atom is 0.494 e. The van der Waals surface area contributed by atoms with Crippen LogP contribution in [-0.4, -0.2) is 152 Å². The SMILES string of the molecule is CCCCCCCCCCCCCCCCCC[N+](C)(C)CCC[Si]1(OC)OC(C(C)O)C(C(O)C(O)C(C)O)O[Si](CCC[N+](C)(C)CCCCCCCCCCCCCCCCCC)(OC)O1. The van der Waals surface area contributed by atoms with Gasteiger partial charge in [-0.1, -0.05) is 194 Å². The molecule has 0 aromatic rings. The fourth-order valence-electron chi connectivity index (χ4n) is 10.4. The first-order valence-corrected chi connectivity index (χ1v) is 33.4. The van der Waals surface area contributed by atoms with Crippen LogP contribution in [0.25, 0.3) is 0 Å². The van der Waals surface area contributed by atoms with Crippen molar-refractivity contribution in [2.24, 2.45) is 0 Å². The first-order valence-electron chi connectivity index (χ1n) is 29.5. The fourth-order valence-corrected chi connectivity index (χ4v) is 17.6. The van der Waals surface area contributed by atoms with E-state index in [0.717, 1.165) is 48.0 Å². The molecule has 1 rings (SSSR count). The van der Waals surface area contributed by atoms with E-state index >= 15 is 0 Å². The Bertz CT molecular complexity index is 1170. The summed E-state index contributed by atoms with van der Waals surface area (Å²) in [7, 11) is 5.11. The molecule has 8 atom stereocenters. The quantitative estimate of drug-likeness (QED) is 0.0268. The highest BCUT2D eigenvalue weighted by atomic mass is 28.5. The highest BCUT2D eigenvalue weighted by molar-refractivity contribution is 6.75. The minimum atomic E-state index is -3.65. The minimum absolute atomic E-state index is 0.465. The molecule has 0 aromatic heterocycles. The number of aliphatic hydroxyl groups is 4. The van der Waals surface area contributed by atoms with E-state index in [1.165, 1.54) is 212 Å². The molecule has 1 aliphatic heterocycles.